The van der Waals surface area contributed by atoms with Crippen LogP contribution in [0.5, 0.6) is 5.75 Å². The molecule has 1 aromatic carbocycles. The van der Waals surface area contributed by atoms with E-state index in [2.05, 4.69) is 20.1 Å². The van der Waals surface area contributed by atoms with Crippen molar-refractivity contribution in [1.29, 1.82) is 0 Å². The molecule has 2 saturated heterocycles. The van der Waals surface area contributed by atoms with Crippen molar-refractivity contribution in [3.63, 3.8) is 0 Å². The molecule has 0 aliphatic carbocycles. The van der Waals surface area contributed by atoms with Gasteiger partial charge in [0.05, 0.1) is 18.7 Å². The number of carbonyl (C=O) groups is 1. The Morgan fingerprint density at radius 3 is 2.75 bits per heavy atom. The Kier molecular flexibility index (Phi) is 6.89. The van der Waals surface area contributed by atoms with E-state index in [-0.39, 0.29) is 35.4 Å². The second kappa shape index (κ2) is 9.81. The van der Waals surface area contributed by atoms with Crippen molar-refractivity contribution >= 4 is 11.9 Å². The van der Waals surface area contributed by atoms with E-state index in [1.807, 2.05) is 19.9 Å². The van der Waals surface area contributed by atoms with Gasteiger partial charge in [0.15, 0.2) is 11.6 Å². The standard InChI is InChI=1S/C24H32FN5O2/c1-16(2)27-23(31)19-15-29(13-17-7-6-8-21(32-3)22(17)25)14-18(19)20-9-10-26-24(28-20)30-11-4-5-12-30/h6-10,16,18-19H,4-5,11-15H2,1-3H3,(H,27,31)/t18-,19-/m0/s1. The lowest BCUT2D eigenvalue weighted by Crippen LogP contribution is -2.38. The van der Waals surface area contributed by atoms with E-state index < -0.39 is 0 Å². The Hall–Kier alpha value is -2.74. The third kappa shape index (κ3) is 4.85. The van der Waals surface area contributed by atoms with Crippen LogP contribution in [-0.4, -0.2) is 60.1 Å². The number of amides is 1. The molecule has 2 aromatic rings. The fraction of sp³-hybridized carbons (Fsp3) is 0.542. The van der Waals surface area contributed by atoms with Gasteiger partial charge in [-0.1, -0.05) is 12.1 Å². The summed E-state index contributed by atoms with van der Waals surface area (Å²) in [6.45, 7) is 7.43. The van der Waals surface area contributed by atoms with Gasteiger partial charge in [-0.15, -0.1) is 0 Å². The topological polar surface area (TPSA) is 70.6 Å². The van der Waals surface area contributed by atoms with Crippen molar-refractivity contribution in [2.75, 3.05) is 38.2 Å². The van der Waals surface area contributed by atoms with Gasteiger partial charge in [-0.25, -0.2) is 14.4 Å². The summed E-state index contributed by atoms with van der Waals surface area (Å²) in [5.74, 6) is 0.304. The van der Waals surface area contributed by atoms with Gasteiger partial charge in [0.25, 0.3) is 0 Å². The highest BCUT2D eigenvalue weighted by Crippen LogP contribution is 2.34. The number of hydrogen-bond donors (Lipinski definition) is 1. The summed E-state index contributed by atoms with van der Waals surface area (Å²) < 4.78 is 19.9. The molecule has 0 spiro atoms. The van der Waals surface area contributed by atoms with Gasteiger partial charge in [0.2, 0.25) is 11.9 Å². The van der Waals surface area contributed by atoms with Crippen molar-refractivity contribution in [1.82, 2.24) is 20.2 Å². The van der Waals surface area contributed by atoms with Crippen LogP contribution in [0.1, 0.15) is 43.9 Å². The molecule has 172 valence electrons. The van der Waals surface area contributed by atoms with Gasteiger partial charge in [-0.3, -0.25) is 9.69 Å². The van der Waals surface area contributed by atoms with Crippen LogP contribution < -0.4 is 15.0 Å². The highest BCUT2D eigenvalue weighted by atomic mass is 19.1. The molecule has 7 nitrogen and oxygen atoms in total. The lowest BCUT2D eigenvalue weighted by molar-refractivity contribution is -0.125. The molecular formula is C24H32FN5O2. The Morgan fingerprint density at radius 2 is 2.03 bits per heavy atom. The Labute approximate surface area is 189 Å². The minimum atomic E-state index is -0.347. The van der Waals surface area contributed by atoms with Crippen LogP contribution in [0, 0.1) is 11.7 Å². The number of rotatable bonds is 7. The number of nitrogens with zero attached hydrogens (tertiary/aromatic N) is 4. The monoisotopic (exact) mass is 441 g/mol. The lowest BCUT2D eigenvalue weighted by atomic mass is 9.91. The maximum absolute atomic E-state index is 14.7. The summed E-state index contributed by atoms with van der Waals surface area (Å²) in [5, 5.41) is 3.05. The van der Waals surface area contributed by atoms with Crippen LogP contribution in [0.2, 0.25) is 0 Å². The largest absolute Gasteiger partial charge is 0.494 e. The number of methoxy groups -OCH3 is 1. The average Bonchev–Trinajstić information content (AvgIpc) is 3.45. The minimum absolute atomic E-state index is 0.0138. The molecule has 4 rings (SSSR count). The van der Waals surface area contributed by atoms with E-state index in [0.717, 1.165) is 37.6 Å². The molecule has 1 aromatic heterocycles. The van der Waals surface area contributed by atoms with Crippen LogP contribution in [0.25, 0.3) is 0 Å². The Bertz CT molecular complexity index is 948. The van der Waals surface area contributed by atoms with E-state index in [0.29, 0.717) is 25.2 Å². The average molecular weight is 442 g/mol. The minimum Gasteiger partial charge on any atom is -0.494 e. The first-order chi connectivity index (χ1) is 15.5. The first kappa shape index (κ1) is 22.5. The number of aromatic nitrogens is 2. The molecular weight excluding hydrogens is 409 g/mol. The van der Waals surface area contributed by atoms with Crippen molar-refractivity contribution in [3.05, 3.63) is 47.5 Å². The number of benzene rings is 1. The number of carbonyl (C=O) groups excluding carboxylic acids is 1. The molecule has 1 N–H and O–H groups in total. The maximum atomic E-state index is 14.7. The van der Waals surface area contributed by atoms with Gasteiger partial charge < -0.3 is 15.0 Å². The summed E-state index contributed by atoms with van der Waals surface area (Å²) in [5.41, 5.74) is 1.44. The first-order valence-electron chi connectivity index (χ1n) is 11.4. The highest BCUT2D eigenvalue weighted by molar-refractivity contribution is 5.80. The van der Waals surface area contributed by atoms with Gasteiger partial charge >= 0.3 is 0 Å². The van der Waals surface area contributed by atoms with Crippen molar-refractivity contribution in [3.8, 4) is 5.75 Å². The normalized spacial score (nSPS) is 21.3. The number of hydrogen-bond acceptors (Lipinski definition) is 6. The maximum Gasteiger partial charge on any atom is 0.225 e. The van der Waals surface area contributed by atoms with Gasteiger partial charge in [0.1, 0.15) is 0 Å². The third-order valence-electron chi connectivity index (χ3n) is 6.25. The number of anilines is 1. The predicted octanol–water partition coefficient (Wildman–Crippen LogP) is 2.96. The molecule has 1 amide bonds. The molecule has 0 saturated carbocycles. The van der Waals surface area contributed by atoms with Crippen LogP contribution in [0.4, 0.5) is 10.3 Å². The van der Waals surface area contributed by atoms with E-state index in [1.54, 1.807) is 24.4 Å². The fourth-order valence-corrected chi connectivity index (χ4v) is 4.69. The SMILES string of the molecule is COc1cccc(CN2C[C@H](C(=O)NC(C)C)[C@@H](c3ccnc(N4CCCC4)n3)C2)c1F. The van der Waals surface area contributed by atoms with E-state index in [4.69, 9.17) is 9.72 Å². The van der Waals surface area contributed by atoms with Gasteiger partial charge in [0, 0.05) is 56.4 Å². The van der Waals surface area contributed by atoms with Crippen molar-refractivity contribution in [2.45, 2.75) is 45.2 Å². The number of halogens is 1. The van der Waals surface area contributed by atoms with E-state index in [9.17, 15) is 9.18 Å². The predicted molar refractivity (Wildman–Crippen MR) is 121 cm³/mol. The molecule has 2 aliphatic rings. The number of nitrogens with one attached hydrogen (secondary N) is 1. The summed E-state index contributed by atoms with van der Waals surface area (Å²) in [6.07, 6.45) is 4.09. The summed E-state index contributed by atoms with van der Waals surface area (Å²) in [4.78, 5) is 26.7. The zero-order valence-electron chi connectivity index (χ0n) is 19.1. The summed E-state index contributed by atoms with van der Waals surface area (Å²) >= 11 is 0. The summed E-state index contributed by atoms with van der Waals surface area (Å²) in [6, 6.07) is 7.14. The second-order valence-corrected chi connectivity index (χ2v) is 8.98. The quantitative estimate of drug-likeness (QED) is 0.713. The smallest absolute Gasteiger partial charge is 0.225 e. The van der Waals surface area contributed by atoms with Crippen LogP contribution in [0.15, 0.2) is 30.5 Å². The molecule has 2 fully saturated rings. The molecule has 2 aliphatic heterocycles. The zero-order chi connectivity index (χ0) is 22.7. The van der Waals surface area contributed by atoms with Crippen LogP contribution >= 0.6 is 0 Å². The Balaban J connectivity index is 1.58. The molecule has 0 unspecified atom stereocenters. The fourth-order valence-electron chi connectivity index (χ4n) is 4.69. The highest BCUT2D eigenvalue weighted by Gasteiger charge is 2.40. The van der Waals surface area contributed by atoms with Crippen LogP contribution in [-0.2, 0) is 11.3 Å². The molecule has 0 radical (unpaired) electrons. The van der Waals surface area contributed by atoms with E-state index in [1.165, 1.54) is 7.11 Å². The molecule has 32 heavy (non-hydrogen) atoms. The van der Waals surface area contributed by atoms with Crippen molar-refractivity contribution < 1.29 is 13.9 Å². The molecule has 3 heterocycles. The van der Waals surface area contributed by atoms with Gasteiger partial charge in [-0.2, -0.15) is 0 Å². The number of ether oxygens (including phenoxy) is 1. The molecule has 0 bridgehead atoms. The summed E-state index contributed by atoms with van der Waals surface area (Å²) in [7, 11) is 1.47. The first-order valence-corrected chi connectivity index (χ1v) is 11.4. The molecule has 8 heteroatoms. The van der Waals surface area contributed by atoms with Gasteiger partial charge in [-0.05, 0) is 38.8 Å². The Morgan fingerprint density at radius 1 is 1.25 bits per heavy atom. The van der Waals surface area contributed by atoms with E-state index >= 15 is 0 Å². The van der Waals surface area contributed by atoms with Crippen LogP contribution in [0.3, 0.4) is 0 Å². The number of likely N-dealkylation sites (tertiary alicyclic amines) is 1. The zero-order valence-corrected chi connectivity index (χ0v) is 19.1. The van der Waals surface area contributed by atoms with Crippen molar-refractivity contribution in [2.24, 2.45) is 5.92 Å². The third-order valence-corrected chi connectivity index (χ3v) is 6.25. The molecule has 2 atom stereocenters. The second-order valence-electron chi connectivity index (χ2n) is 8.98. The lowest BCUT2D eigenvalue weighted by Gasteiger charge is -2.21.